The zero-order valence-corrected chi connectivity index (χ0v) is 16.9. The summed E-state index contributed by atoms with van der Waals surface area (Å²) in [6.07, 6.45) is 1.39. The van der Waals surface area contributed by atoms with Crippen LogP contribution in [0.2, 0.25) is 0 Å². The van der Waals surface area contributed by atoms with E-state index < -0.39 is 41.0 Å². The molecule has 0 saturated heterocycles. The zero-order valence-electron chi connectivity index (χ0n) is 16.1. The SMILES string of the molecule is Cc1ccc(C=CS(=O)(=O)NCC(=O)OCC(=O)Nc2ccc(C(N)=O)cc2)cc1. The molecule has 2 aromatic rings. The maximum Gasteiger partial charge on any atom is 0.321 e. The molecule has 0 saturated carbocycles. The van der Waals surface area contributed by atoms with Gasteiger partial charge in [0.25, 0.3) is 5.91 Å². The van der Waals surface area contributed by atoms with E-state index in [-0.39, 0.29) is 5.56 Å². The fourth-order valence-electron chi connectivity index (χ4n) is 2.17. The van der Waals surface area contributed by atoms with Gasteiger partial charge in [-0.1, -0.05) is 29.8 Å². The number of primary amides is 1. The predicted molar refractivity (Wildman–Crippen MR) is 112 cm³/mol. The van der Waals surface area contributed by atoms with E-state index >= 15 is 0 Å². The maximum absolute atomic E-state index is 11.9. The molecule has 0 aliphatic heterocycles. The maximum atomic E-state index is 11.9. The Kier molecular flexibility index (Phi) is 7.84. The number of benzene rings is 2. The summed E-state index contributed by atoms with van der Waals surface area (Å²) in [4.78, 5) is 34.5. The Morgan fingerprint density at radius 2 is 1.67 bits per heavy atom. The van der Waals surface area contributed by atoms with Crippen LogP contribution in [0.5, 0.6) is 0 Å². The number of sulfonamides is 1. The van der Waals surface area contributed by atoms with Gasteiger partial charge in [0.2, 0.25) is 15.9 Å². The third kappa shape index (κ3) is 7.86. The summed E-state index contributed by atoms with van der Waals surface area (Å²) in [6, 6.07) is 13.0. The lowest BCUT2D eigenvalue weighted by Crippen LogP contribution is -2.31. The van der Waals surface area contributed by atoms with Gasteiger partial charge in [-0.25, -0.2) is 13.1 Å². The molecule has 2 rings (SSSR count). The Balaban J connectivity index is 1.76. The fourth-order valence-corrected chi connectivity index (χ4v) is 2.92. The van der Waals surface area contributed by atoms with Crippen molar-refractivity contribution >= 4 is 39.6 Å². The molecule has 9 nitrogen and oxygen atoms in total. The quantitative estimate of drug-likeness (QED) is 0.508. The second kappa shape index (κ2) is 10.3. The van der Waals surface area contributed by atoms with Gasteiger partial charge in [-0.2, -0.15) is 0 Å². The summed E-state index contributed by atoms with van der Waals surface area (Å²) >= 11 is 0. The molecular weight excluding hydrogens is 410 g/mol. The van der Waals surface area contributed by atoms with Gasteiger partial charge in [-0.05, 0) is 42.8 Å². The number of esters is 1. The van der Waals surface area contributed by atoms with Crippen molar-refractivity contribution in [1.82, 2.24) is 4.72 Å². The van der Waals surface area contributed by atoms with Crippen molar-refractivity contribution in [1.29, 1.82) is 0 Å². The summed E-state index contributed by atoms with van der Waals surface area (Å²) in [5.74, 6) is -2.14. The van der Waals surface area contributed by atoms with Crippen LogP contribution < -0.4 is 15.8 Å². The number of hydrogen-bond donors (Lipinski definition) is 3. The molecule has 0 spiro atoms. The summed E-state index contributed by atoms with van der Waals surface area (Å²) in [5.41, 5.74) is 7.51. The lowest BCUT2D eigenvalue weighted by atomic mass is 10.2. The second-order valence-corrected chi connectivity index (χ2v) is 7.88. The fraction of sp³-hybridized carbons (Fsp3) is 0.150. The number of hydrogen-bond acceptors (Lipinski definition) is 6. The molecule has 158 valence electrons. The molecule has 0 heterocycles. The van der Waals surface area contributed by atoms with Crippen LogP contribution in [0, 0.1) is 6.92 Å². The van der Waals surface area contributed by atoms with Crippen LogP contribution in [0.4, 0.5) is 5.69 Å². The van der Waals surface area contributed by atoms with E-state index in [0.29, 0.717) is 11.3 Å². The molecule has 0 fully saturated rings. The topological polar surface area (TPSA) is 145 Å². The number of carbonyl (C=O) groups excluding carboxylic acids is 3. The molecule has 0 radical (unpaired) electrons. The van der Waals surface area contributed by atoms with Gasteiger partial charge in [-0.15, -0.1) is 0 Å². The highest BCUT2D eigenvalue weighted by Gasteiger charge is 2.12. The minimum atomic E-state index is -3.85. The van der Waals surface area contributed by atoms with Gasteiger partial charge < -0.3 is 15.8 Å². The molecule has 2 amide bonds. The molecule has 10 heteroatoms. The monoisotopic (exact) mass is 431 g/mol. The normalized spacial score (nSPS) is 11.2. The molecule has 0 atom stereocenters. The standard InChI is InChI=1S/C20H21N3O6S/c1-14-2-4-15(5-3-14)10-11-30(27,28)22-12-19(25)29-13-18(24)23-17-8-6-16(7-9-17)20(21)26/h2-11,22H,12-13H2,1H3,(H2,21,26)(H,23,24). The third-order valence-corrected chi connectivity index (χ3v) is 4.79. The van der Waals surface area contributed by atoms with Gasteiger partial charge in [-0.3, -0.25) is 14.4 Å². The van der Waals surface area contributed by atoms with Crippen LogP contribution in [0.25, 0.3) is 6.08 Å². The van der Waals surface area contributed by atoms with E-state index in [4.69, 9.17) is 10.5 Å². The second-order valence-electron chi connectivity index (χ2n) is 6.23. The number of ether oxygens (including phenoxy) is 1. The highest BCUT2D eigenvalue weighted by atomic mass is 32.2. The molecular formula is C20H21N3O6S. The summed E-state index contributed by atoms with van der Waals surface area (Å²) in [6.45, 7) is 0.690. The van der Waals surface area contributed by atoms with Crippen molar-refractivity contribution in [3.8, 4) is 0 Å². The summed E-state index contributed by atoms with van der Waals surface area (Å²) in [7, 11) is -3.85. The van der Waals surface area contributed by atoms with Crippen molar-refractivity contribution in [3.63, 3.8) is 0 Å². The van der Waals surface area contributed by atoms with Crippen molar-refractivity contribution in [2.24, 2.45) is 5.73 Å². The Bertz CT molecular complexity index is 1040. The minimum absolute atomic E-state index is 0.281. The van der Waals surface area contributed by atoms with Crippen LogP contribution in [-0.2, 0) is 24.3 Å². The molecule has 0 aliphatic rings. The predicted octanol–water partition coefficient (Wildman–Crippen LogP) is 1.17. The van der Waals surface area contributed by atoms with Gasteiger partial charge in [0.1, 0.15) is 6.54 Å². The minimum Gasteiger partial charge on any atom is -0.455 e. The van der Waals surface area contributed by atoms with Crippen LogP contribution in [0.3, 0.4) is 0 Å². The Hall–Kier alpha value is -3.50. The molecule has 0 aliphatic carbocycles. The first-order valence-electron chi connectivity index (χ1n) is 8.74. The van der Waals surface area contributed by atoms with E-state index in [1.54, 1.807) is 12.1 Å². The first kappa shape index (κ1) is 22.8. The number of aryl methyl sites for hydroxylation is 1. The number of amides is 2. The molecule has 0 bridgehead atoms. The van der Waals surface area contributed by atoms with Crippen molar-refractivity contribution in [2.45, 2.75) is 6.92 Å². The zero-order chi connectivity index (χ0) is 22.1. The lowest BCUT2D eigenvalue weighted by Gasteiger charge is -2.07. The van der Waals surface area contributed by atoms with E-state index in [9.17, 15) is 22.8 Å². The number of rotatable bonds is 9. The smallest absolute Gasteiger partial charge is 0.321 e. The van der Waals surface area contributed by atoms with Crippen molar-refractivity contribution in [3.05, 3.63) is 70.6 Å². The molecule has 0 aromatic heterocycles. The van der Waals surface area contributed by atoms with Gasteiger partial charge in [0.05, 0.1) is 0 Å². The van der Waals surface area contributed by atoms with Gasteiger partial charge in [0.15, 0.2) is 6.61 Å². The third-order valence-electron chi connectivity index (χ3n) is 3.75. The Morgan fingerprint density at radius 3 is 2.27 bits per heavy atom. The van der Waals surface area contributed by atoms with Crippen LogP contribution >= 0.6 is 0 Å². The Labute approximate surface area is 174 Å². The van der Waals surface area contributed by atoms with E-state index in [2.05, 4.69) is 10.0 Å². The number of nitrogens with two attached hydrogens (primary N) is 1. The van der Waals surface area contributed by atoms with Gasteiger partial charge >= 0.3 is 5.97 Å². The number of carbonyl (C=O) groups is 3. The van der Waals surface area contributed by atoms with Crippen molar-refractivity contribution < 1.29 is 27.5 Å². The highest BCUT2D eigenvalue weighted by Crippen LogP contribution is 2.09. The first-order chi connectivity index (χ1) is 14.1. The average Bonchev–Trinajstić information content (AvgIpc) is 2.71. The highest BCUT2D eigenvalue weighted by molar-refractivity contribution is 7.92. The summed E-state index contributed by atoms with van der Waals surface area (Å²) < 4.78 is 30.6. The number of anilines is 1. The van der Waals surface area contributed by atoms with E-state index in [1.165, 1.54) is 30.3 Å². The lowest BCUT2D eigenvalue weighted by molar-refractivity contribution is -0.146. The van der Waals surface area contributed by atoms with Crippen molar-refractivity contribution in [2.75, 3.05) is 18.5 Å². The van der Waals surface area contributed by atoms with Gasteiger partial charge in [0, 0.05) is 16.7 Å². The average molecular weight is 431 g/mol. The summed E-state index contributed by atoms with van der Waals surface area (Å²) in [5, 5.41) is 3.40. The largest absolute Gasteiger partial charge is 0.455 e. The Morgan fingerprint density at radius 1 is 1.03 bits per heavy atom. The van der Waals surface area contributed by atoms with Crippen LogP contribution in [-0.4, -0.2) is 39.4 Å². The van der Waals surface area contributed by atoms with E-state index in [1.807, 2.05) is 19.1 Å². The van der Waals surface area contributed by atoms with Crippen LogP contribution in [0.1, 0.15) is 21.5 Å². The molecule has 0 unspecified atom stereocenters. The molecule has 4 N–H and O–H groups in total. The van der Waals surface area contributed by atoms with E-state index in [0.717, 1.165) is 11.0 Å². The molecule has 30 heavy (non-hydrogen) atoms. The number of nitrogens with one attached hydrogen (secondary N) is 2. The van der Waals surface area contributed by atoms with Crippen LogP contribution in [0.15, 0.2) is 53.9 Å². The first-order valence-corrected chi connectivity index (χ1v) is 10.3. The molecule has 2 aromatic carbocycles.